The maximum absolute atomic E-state index is 12.9. The van der Waals surface area contributed by atoms with Gasteiger partial charge in [-0.15, -0.1) is 0 Å². The standard InChI is InChI=1S/C20H22ClNO/c1-20(2,15-10-12-16(21)13-11-15)19(23)22-18-9-5-7-14-6-3-4-8-17(14)18/h3-4,6,8,10-13,18H,5,7,9H2,1-2H3,(H,22,23). The largest absolute Gasteiger partial charge is 0.349 e. The molecule has 1 N–H and O–H groups in total. The second-order valence-electron chi connectivity index (χ2n) is 6.75. The first kappa shape index (κ1) is 16.1. The fourth-order valence-electron chi connectivity index (χ4n) is 3.24. The Morgan fingerprint density at radius 1 is 1.13 bits per heavy atom. The lowest BCUT2D eigenvalue weighted by molar-refractivity contribution is -0.126. The van der Waals surface area contributed by atoms with Crippen LogP contribution in [-0.2, 0) is 16.6 Å². The molecule has 0 aliphatic heterocycles. The summed E-state index contributed by atoms with van der Waals surface area (Å²) in [7, 11) is 0. The number of aryl methyl sites for hydroxylation is 1. The normalized spacial score (nSPS) is 17.4. The van der Waals surface area contributed by atoms with Gasteiger partial charge in [-0.3, -0.25) is 4.79 Å². The van der Waals surface area contributed by atoms with Gasteiger partial charge in [0, 0.05) is 5.02 Å². The molecule has 0 saturated heterocycles. The van der Waals surface area contributed by atoms with Crippen LogP contribution in [0.1, 0.15) is 49.4 Å². The Morgan fingerprint density at radius 2 is 1.83 bits per heavy atom. The quantitative estimate of drug-likeness (QED) is 0.861. The van der Waals surface area contributed by atoms with E-state index in [0.717, 1.165) is 24.8 Å². The molecular formula is C20H22ClNO. The van der Waals surface area contributed by atoms with Gasteiger partial charge >= 0.3 is 0 Å². The summed E-state index contributed by atoms with van der Waals surface area (Å²) in [5.41, 5.74) is 3.01. The molecule has 0 aromatic heterocycles. The Kier molecular flexibility index (Phi) is 4.45. The van der Waals surface area contributed by atoms with Crippen molar-refractivity contribution in [2.75, 3.05) is 0 Å². The lowest BCUT2D eigenvalue weighted by Gasteiger charge is -2.31. The summed E-state index contributed by atoms with van der Waals surface area (Å²) >= 11 is 5.95. The van der Waals surface area contributed by atoms with E-state index in [2.05, 4.69) is 23.5 Å². The van der Waals surface area contributed by atoms with Gasteiger partial charge in [0.15, 0.2) is 0 Å². The van der Waals surface area contributed by atoms with Crippen molar-refractivity contribution in [2.24, 2.45) is 0 Å². The lowest BCUT2D eigenvalue weighted by atomic mass is 9.82. The Hall–Kier alpha value is -1.80. The minimum absolute atomic E-state index is 0.0570. The van der Waals surface area contributed by atoms with Gasteiger partial charge in [0.25, 0.3) is 0 Å². The molecule has 1 aliphatic carbocycles. The molecule has 1 amide bonds. The number of carbonyl (C=O) groups is 1. The summed E-state index contributed by atoms with van der Waals surface area (Å²) in [6.45, 7) is 3.92. The highest BCUT2D eigenvalue weighted by Crippen LogP contribution is 2.31. The van der Waals surface area contributed by atoms with Crippen LogP contribution in [-0.4, -0.2) is 5.91 Å². The van der Waals surface area contributed by atoms with E-state index in [-0.39, 0.29) is 11.9 Å². The molecule has 2 nitrogen and oxygen atoms in total. The maximum Gasteiger partial charge on any atom is 0.230 e. The van der Waals surface area contributed by atoms with Crippen LogP contribution in [0.2, 0.25) is 5.02 Å². The third-order valence-corrected chi connectivity index (χ3v) is 5.06. The van der Waals surface area contributed by atoms with Crippen molar-refractivity contribution in [1.82, 2.24) is 5.32 Å². The van der Waals surface area contributed by atoms with Crippen molar-refractivity contribution < 1.29 is 4.79 Å². The van der Waals surface area contributed by atoms with Crippen LogP contribution in [0.4, 0.5) is 0 Å². The highest BCUT2D eigenvalue weighted by Gasteiger charge is 2.32. The second kappa shape index (κ2) is 6.37. The molecule has 1 atom stereocenters. The number of benzene rings is 2. The van der Waals surface area contributed by atoms with Gasteiger partial charge in [0.05, 0.1) is 11.5 Å². The molecule has 120 valence electrons. The summed E-state index contributed by atoms with van der Waals surface area (Å²) in [6.07, 6.45) is 3.21. The first-order chi connectivity index (χ1) is 11.0. The van der Waals surface area contributed by atoms with Gasteiger partial charge in [-0.2, -0.15) is 0 Å². The summed E-state index contributed by atoms with van der Waals surface area (Å²) in [6, 6.07) is 16.1. The third-order valence-electron chi connectivity index (χ3n) is 4.81. The molecule has 0 saturated carbocycles. The average molecular weight is 328 g/mol. The van der Waals surface area contributed by atoms with Crippen LogP contribution < -0.4 is 5.32 Å². The van der Waals surface area contributed by atoms with E-state index < -0.39 is 5.41 Å². The zero-order valence-electron chi connectivity index (χ0n) is 13.6. The van der Waals surface area contributed by atoms with Crippen LogP contribution in [0, 0.1) is 0 Å². The van der Waals surface area contributed by atoms with E-state index in [1.165, 1.54) is 11.1 Å². The second-order valence-corrected chi connectivity index (χ2v) is 7.19. The van der Waals surface area contributed by atoms with Crippen LogP contribution in [0.5, 0.6) is 0 Å². The number of nitrogens with one attached hydrogen (secondary N) is 1. The van der Waals surface area contributed by atoms with Crippen LogP contribution in [0.3, 0.4) is 0 Å². The highest BCUT2D eigenvalue weighted by atomic mass is 35.5. The van der Waals surface area contributed by atoms with Crippen LogP contribution >= 0.6 is 11.6 Å². The Bertz CT molecular complexity index is 706. The van der Waals surface area contributed by atoms with Gasteiger partial charge in [-0.05, 0) is 61.9 Å². The Balaban J connectivity index is 1.80. The van der Waals surface area contributed by atoms with Crippen molar-refractivity contribution in [3.05, 3.63) is 70.2 Å². The smallest absolute Gasteiger partial charge is 0.230 e. The molecule has 2 aromatic carbocycles. The van der Waals surface area contributed by atoms with E-state index in [1.807, 2.05) is 44.2 Å². The average Bonchev–Trinajstić information content (AvgIpc) is 2.55. The monoisotopic (exact) mass is 327 g/mol. The fraction of sp³-hybridized carbons (Fsp3) is 0.350. The fourth-order valence-corrected chi connectivity index (χ4v) is 3.37. The third kappa shape index (κ3) is 3.28. The SMILES string of the molecule is CC(C)(C(=O)NC1CCCc2ccccc21)c1ccc(Cl)cc1. The van der Waals surface area contributed by atoms with Crippen LogP contribution in [0.25, 0.3) is 0 Å². The van der Waals surface area contributed by atoms with E-state index in [4.69, 9.17) is 11.6 Å². The summed E-state index contributed by atoms with van der Waals surface area (Å²) in [4.78, 5) is 12.9. The zero-order chi connectivity index (χ0) is 16.4. The number of rotatable bonds is 3. The zero-order valence-corrected chi connectivity index (χ0v) is 14.4. The molecule has 23 heavy (non-hydrogen) atoms. The summed E-state index contributed by atoms with van der Waals surface area (Å²) in [5, 5.41) is 3.94. The number of fused-ring (bicyclic) bond motifs is 1. The van der Waals surface area contributed by atoms with Crippen molar-refractivity contribution in [1.29, 1.82) is 0 Å². The molecule has 0 bridgehead atoms. The molecule has 0 fully saturated rings. The van der Waals surface area contributed by atoms with Crippen molar-refractivity contribution in [2.45, 2.75) is 44.6 Å². The first-order valence-electron chi connectivity index (χ1n) is 8.13. The van der Waals surface area contributed by atoms with Crippen LogP contribution in [0.15, 0.2) is 48.5 Å². The molecule has 0 spiro atoms. The van der Waals surface area contributed by atoms with E-state index in [9.17, 15) is 4.79 Å². The summed E-state index contributed by atoms with van der Waals surface area (Å²) < 4.78 is 0. The maximum atomic E-state index is 12.9. The van der Waals surface area contributed by atoms with Gasteiger partial charge in [-0.1, -0.05) is 48.0 Å². The molecule has 3 heteroatoms. The molecular weight excluding hydrogens is 306 g/mol. The minimum Gasteiger partial charge on any atom is -0.349 e. The van der Waals surface area contributed by atoms with E-state index in [1.54, 1.807) is 0 Å². The molecule has 0 radical (unpaired) electrons. The van der Waals surface area contributed by atoms with Gasteiger partial charge in [0.2, 0.25) is 5.91 Å². The van der Waals surface area contributed by atoms with Gasteiger partial charge in [0.1, 0.15) is 0 Å². The van der Waals surface area contributed by atoms with E-state index >= 15 is 0 Å². The van der Waals surface area contributed by atoms with Crippen molar-refractivity contribution >= 4 is 17.5 Å². The van der Waals surface area contributed by atoms with Crippen molar-refractivity contribution in [3.63, 3.8) is 0 Å². The van der Waals surface area contributed by atoms with Gasteiger partial charge < -0.3 is 5.32 Å². The lowest BCUT2D eigenvalue weighted by Crippen LogP contribution is -2.42. The van der Waals surface area contributed by atoms with Gasteiger partial charge in [-0.25, -0.2) is 0 Å². The first-order valence-corrected chi connectivity index (χ1v) is 8.51. The minimum atomic E-state index is -0.586. The molecule has 0 heterocycles. The van der Waals surface area contributed by atoms with Crippen molar-refractivity contribution in [3.8, 4) is 0 Å². The number of hydrogen-bond donors (Lipinski definition) is 1. The Morgan fingerprint density at radius 3 is 2.57 bits per heavy atom. The number of halogens is 1. The highest BCUT2D eigenvalue weighted by molar-refractivity contribution is 6.30. The molecule has 1 aliphatic rings. The predicted molar refractivity (Wildman–Crippen MR) is 94.7 cm³/mol. The Labute approximate surface area is 142 Å². The molecule has 1 unspecified atom stereocenters. The number of hydrogen-bond acceptors (Lipinski definition) is 1. The predicted octanol–water partition coefficient (Wildman–Crippen LogP) is 4.81. The van der Waals surface area contributed by atoms with E-state index in [0.29, 0.717) is 5.02 Å². The number of carbonyl (C=O) groups excluding carboxylic acids is 1. The molecule has 3 rings (SSSR count). The topological polar surface area (TPSA) is 29.1 Å². The summed E-state index contributed by atoms with van der Waals surface area (Å²) in [5.74, 6) is 0.0570. The molecule has 2 aromatic rings. The number of amides is 1.